The summed E-state index contributed by atoms with van der Waals surface area (Å²) < 4.78 is 5.34. The van der Waals surface area contributed by atoms with E-state index < -0.39 is 5.60 Å². The Kier molecular flexibility index (Phi) is 4.76. The number of hydrogen-bond acceptors (Lipinski definition) is 2. The molecule has 0 saturated heterocycles. The number of rotatable bonds is 3. The maximum absolute atomic E-state index is 12.0. The highest BCUT2D eigenvalue weighted by molar-refractivity contribution is 6.19. The molecular weight excluding hydrogens is 236 g/mol. The minimum Gasteiger partial charge on any atom is -0.456 e. The van der Waals surface area contributed by atoms with Gasteiger partial charge in [-0.15, -0.1) is 11.6 Å². The van der Waals surface area contributed by atoms with Crippen LogP contribution in [0.2, 0.25) is 0 Å². The van der Waals surface area contributed by atoms with Crippen molar-refractivity contribution in [3.05, 3.63) is 41.5 Å². The monoisotopic (exact) mass is 252 g/mol. The zero-order valence-corrected chi connectivity index (χ0v) is 11.1. The maximum Gasteiger partial charge on any atom is 0.339 e. The molecule has 0 radical (unpaired) electrons. The van der Waals surface area contributed by atoms with Gasteiger partial charge in [0.15, 0.2) is 0 Å². The summed E-state index contributed by atoms with van der Waals surface area (Å²) in [6.45, 7) is 5.55. The molecule has 2 nitrogen and oxygen atoms in total. The zero-order valence-electron chi connectivity index (χ0n) is 10.4. The number of carbonyl (C=O) groups excluding carboxylic acids is 1. The van der Waals surface area contributed by atoms with Crippen molar-refractivity contribution in [2.24, 2.45) is 0 Å². The predicted octanol–water partition coefficient (Wildman–Crippen LogP) is 3.89. The second-order valence-electron chi connectivity index (χ2n) is 4.65. The fourth-order valence-corrected chi connectivity index (χ4v) is 1.42. The molecule has 1 aromatic carbocycles. The van der Waals surface area contributed by atoms with E-state index in [0.29, 0.717) is 11.4 Å². The fraction of sp³-hybridized carbons (Fsp3) is 0.357. The topological polar surface area (TPSA) is 26.3 Å². The number of alkyl halides is 1. The third-order valence-electron chi connectivity index (χ3n) is 1.97. The van der Waals surface area contributed by atoms with E-state index in [-0.39, 0.29) is 5.97 Å². The summed E-state index contributed by atoms with van der Waals surface area (Å²) in [5.41, 5.74) is 0.895. The molecule has 0 atom stereocenters. The molecule has 0 spiro atoms. The van der Waals surface area contributed by atoms with Crippen LogP contribution in [0.15, 0.2) is 30.3 Å². The highest BCUT2D eigenvalue weighted by Crippen LogP contribution is 2.16. The van der Waals surface area contributed by atoms with Crippen molar-refractivity contribution in [2.45, 2.75) is 26.4 Å². The van der Waals surface area contributed by atoms with Crippen molar-refractivity contribution in [1.29, 1.82) is 0 Å². The van der Waals surface area contributed by atoms with Gasteiger partial charge in [0.25, 0.3) is 0 Å². The predicted molar refractivity (Wildman–Crippen MR) is 71.4 cm³/mol. The molecule has 0 heterocycles. The number of ether oxygens (including phenoxy) is 1. The number of halogens is 1. The highest BCUT2D eigenvalue weighted by Gasteiger charge is 2.19. The van der Waals surface area contributed by atoms with Gasteiger partial charge in [-0.1, -0.05) is 30.4 Å². The Morgan fingerprint density at radius 2 is 2.00 bits per heavy atom. The number of carbonyl (C=O) groups is 1. The third-order valence-corrected chi connectivity index (χ3v) is 2.14. The van der Waals surface area contributed by atoms with Gasteiger partial charge in [-0.25, -0.2) is 4.79 Å². The van der Waals surface area contributed by atoms with Crippen molar-refractivity contribution >= 4 is 23.6 Å². The van der Waals surface area contributed by atoms with E-state index in [1.165, 1.54) is 0 Å². The summed E-state index contributed by atoms with van der Waals surface area (Å²) in [5, 5.41) is 0. The minimum absolute atomic E-state index is 0.313. The lowest BCUT2D eigenvalue weighted by Crippen LogP contribution is -2.24. The lowest BCUT2D eigenvalue weighted by molar-refractivity contribution is 0.00693. The van der Waals surface area contributed by atoms with Crippen LogP contribution in [0.25, 0.3) is 6.08 Å². The SMILES string of the molecule is CC(C)(C)OC(=O)c1ccccc1C=CCCl. The van der Waals surface area contributed by atoms with Gasteiger partial charge < -0.3 is 4.74 Å². The van der Waals surface area contributed by atoms with Gasteiger partial charge in [0, 0.05) is 5.88 Å². The first-order chi connectivity index (χ1) is 7.94. The fourth-order valence-electron chi connectivity index (χ4n) is 1.33. The Morgan fingerprint density at radius 3 is 2.59 bits per heavy atom. The summed E-state index contributed by atoms with van der Waals surface area (Å²) in [6.07, 6.45) is 3.62. The van der Waals surface area contributed by atoms with Crippen LogP contribution < -0.4 is 0 Å². The van der Waals surface area contributed by atoms with Gasteiger partial charge in [-0.05, 0) is 32.4 Å². The molecule has 0 amide bonds. The van der Waals surface area contributed by atoms with Crippen LogP contribution in [0.3, 0.4) is 0 Å². The van der Waals surface area contributed by atoms with Crippen molar-refractivity contribution in [1.82, 2.24) is 0 Å². The lowest BCUT2D eigenvalue weighted by atomic mass is 10.1. The summed E-state index contributed by atoms with van der Waals surface area (Å²) in [4.78, 5) is 12.0. The standard InChI is InChI=1S/C14H17ClO2/c1-14(2,3)17-13(16)12-9-5-4-7-11(12)8-6-10-15/h4-9H,10H2,1-3H3. The first kappa shape index (κ1) is 13.8. The van der Waals surface area contributed by atoms with Crippen LogP contribution >= 0.6 is 11.6 Å². The molecule has 1 rings (SSSR count). The summed E-state index contributed by atoms with van der Waals surface area (Å²) in [6, 6.07) is 7.31. The van der Waals surface area contributed by atoms with Gasteiger partial charge in [-0.2, -0.15) is 0 Å². The van der Waals surface area contributed by atoms with Crippen LogP contribution in [0.5, 0.6) is 0 Å². The first-order valence-electron chi connectivity index (χ1n) is 5.49. The summed E-state index contributed by atoms with van der Waals surface area (Å²) in [5.74, 6) is 0.107. The van der Waals surface area contributed by atoms with E-state index in [1.807, 2.05) is 45.0 Å². The molecule has 0 fully saturated rings. The van der Waals surface area contributed by atoms with E-state index in [1.54, 1.807) is 12.1 Å². The molecule has 0 N–H and O–H groups in total. The van der Waals surface area contributed by atoms with Crippen LogP contribution in [0.1, 0.15) is 36.7 Å². The van der Waals surface area contributed by atoms with Crippen LogP contribution in [0, 0.1) is 0 Å². The minimum atomic E-state index is -0.486. The second-order valence-corrected chi connectivity index (χ2v) is 4.95. The van der Waals surface area contributed by atoms with Crippen LogP contribution in [-0.2, 0) is 4.74 Å². The number of benzene rings is 1. The summed E-state index contributed by atoms with van der Waals surface area (Å²) in [7, 11) is 0. The quantitative estimate of drug-likeness (QED) is 0.603. The Hall–Kier alpha value is -1.28. The molecular formula is C14H17ClO2. The highest BCUT2D eigenvalue weighted by atomic mass is 35.5. The average Bonchev–Trinajstić information content (AvgIpc) is 2.24. The molecule has 0 aliphatic rings. The Balaban J connectivity index is 2.97. The molecule has 0 saturated carbocycles. The Labute approximate surface area is 107 Å². The largest absolute Gasteiger partial charge is 0.456 e. The van der Waals surface area contributed by atoms with Crippen molar-refractivity contribution in [3.63, 3.8) is 0 Å². The first-order valence-corrected chi connectivity index (χ1v) is 6.02. The maximum atomic E-state index is 12.0. The molecule has 92 valence electrons. The molecule has 0 aliphatic carbocycles. The molecule has 17 heavy (non-hydrogen) atoms. The van der Waals surface area contributed by atoms with Gasteiger partial charge >= 0.3 is 5.97 Å². The second kappa shape index (κ2) is 5.87. The van der Waals surface area contributed by atoms with E-state index in [0.717, 1.165) is 5.56 Å². The molecule has 1 aromatic rings. The van der Waals surface area contributed by atoms with Gasteiger partial charge in [0.1, 0.15) is 5.60 Å². The molecule has 0 unspecified atom stereocenters. The molecule has 0 bridgehead atoms. The average molecular weight is 253 g/mol. The van der Waals surface area contributed by atoms with E-state index >= 15 is 0 Å². The Bertz CT molecular complexity index is 416. The normalized spacial score (nSPS) is 11.8. The number of allylic oxidation sites excluding steroid dienone is 1. The van der Waals surface area contributed by atoms with Gasteiger partial charge in [-0.3, -0.25) is 0 Å². The van der Waals surface area contributed by atoms with Crippen LogP contribution in [0.4, 0.5) is 0 Å². The summed E-state index contributed by atoms with van der Waals surface area (Å²) >= 11 is 5.59. The van der Waals surface area contributed by atoms with Gasteiger partial charge in [0.2, 0.25) is 0 Å². The molecule has 3 heteroatoms. The zero-order chi connectivity index (χ0) is 12.9. The lowest BCUT2D eigenvalue weighted by Gasteiger charge is -2.20. The van der Waals surface area contributed by atoms with Crippen molar-refractivity contribution in [3.8, 4) is 0 Å². The van der Waals surface area contributed by atoms with E-state index in [9.17, 15) is 4.79 Å². The number of hydrogen-bond donors (Lipinski definition) is 0. The van der Waals surface area contributed by atoms with Crippen LogP contribution in [-0.4, -0.2) is 17.5 Å². The Morgan fingerprint density at radius 1 is 1.35 bits per heavy atom. The van der Waals surface area contributed by atoms with Crippen molar-refractivity contribution in [2.75, 3.05) is 5.88 Å². The number of esters is 1. The van der Waals surface area contributed by atoms with Crippen molar-refractivity contribution < 1.29 is 9.53 Å². The van der Waals surface area contributed by atoms with E-state index in [4.69, 9.17) is 16.3 Å². The molecule has 0 aliphatic heterocycles. The third kappa shape index (κ3) is 4.61. The van der Waals surface area contributed by atoms with Gasteiger partial charge in [0.05, 0.1) is 5.56 Å². The smallest absolute Gasteiger partial charge is 0.339 e. The van der Waals surface area contributed by atoms with E-state index in [2.05, 4.69) is 0 Å². The molecule has 0 aromatic heterocycles.